The maximum atomic E-state index is 9.55. The lowest BCUT2D eigenvalue weighted by Gasteiger charge is -2.33. The highest BCUT2D eigenvalue weighted by Crippen LogP contribution is 2.30. The van der Waals surface area contributed by atoms with Crippen molar-refractivity contribution >= 4 is 17.4 Å². The van der Waals surface area contributed by atoms with Crippen LogP contribution < -0.4 is 10.6 Å². The number of nitrogens with two attached hydrogens (primary N) is 1. The fraction of sp³-hybridized carbons (Fsp3) is 0.538. The lowest BCUT2D eigenvalue weighted by atomic mass is 10.1. The summed E-state index contributed by atoms with van der Waals surface area (Å²) in [6.07, 6.45) is 3.66. The van der Waals surface area contributed by atoms with E-state index in [2.05, 4.69) is 29.4 Å². The number of anilines is 1. The predicted molar refractivity (Wildman–Crippen MR) is 73.6 cm³/mol. The Kier molecular flexibility index (Phi) is 4.31. The molecule has 0 unspecified atom stereocenters. The Hall–Kier alpha value is -0.710. The maximum Gasteiger partial charge on any atom is 0.0574 e. The van der Waals surface area contributed by atoms with Crippen LogP contribution in [0.2, 0.25) is 0 Å². The molecule has 0 radical (unpaired) electrons. The van der Waals surface area contributed by atoms with Crippen LogP contribution in [0, 0.1) is 0 Å². The molecule has 3 nitrogen and oxygen atoms in total. The highest BCUT2D eigenvalue weighted by Gasteiger charge is 2.19. The summed E-state index contributed by atoms with van der Waals surface area (Å²) in [7, 11) is 0. The molecule has 0 spiro atoms. The molecule has 1 aromatic carbocycles. The predicted octanol–water partition coefficient (Wildman–Crippen LogP) is 1.83. The normalized spacial score (nSPS) is 17.5. The van der Waals surface area contributed by atoms with E-state index in [-0.39, 0.29) is 6.10 Å². The van der Waals surface area contributed by atoms with E-state index >= 15 is 0 Å². The number of hydrogen-bond donors (Lipinski definition) is 2. The topological polar surface area (TPSA) is 49.5 Å². The summed E-state index contributed by atoms with van der Waals surface area (Å²) in [5, 5.41) is 9.55. The van der Waals surface area contributed by atoms with E-state index in [9.17, 15) is 5.11 Å². The number of aliphatic hydroxyl groups is 1. The molecule has 2 rings (SSSR count). The van der Waals surface area contributed by atoms with Crippen molar-refractivity contribution in [3.63, 3.8) is 0 Å². The fourth-order valence-electron chi connectivity index (χ4n) is 2.35. The summed E-state index contributed by atoms with van der Waals surface area (Å²) in [5.74, 6) is 0. The summed E-state index contributed by atoms with van der Waals surface area (Å²) < 4.78 is 0. The first-order valence-electron chi connectivity index (χ1n) is 6.05. The van der Waals surface area contributed by atoms with Crippen LogP contribution in [0.4, 0.5) is 5.69 Å². The van der Waals surface area contributed by atoms with E-state index in [0.29, 0.717) is 6.54 Å². The van der Waals surface area contributed by atoms with Crippen molar-refractivity contribution in [1.82, 2.24) is 0 Å². The van der Waals surface area contributed by atoms with Gasteiger partial charge < -0.3 is 15.7 Å². The molecule has 1 saturated heterocycles. The summed E-state index contributed by atoms with van der Waals surface area (Å²) >= 11 is 1.74. The minimum Gasteiger partial charge on any atom is -0.393 e. The SMILES string of the molecule is CSc1cccc(N2CCC(O)CC2)c1CN. The number of benzene rings is 1. The van der Waals surface area contributed by atoms with Crippen LogP contribution in [-0.4, -0.2) is 30.6 Å². The van der Waals surface area contributed by atoms with Gasteiger partial charge in [0.1, 0.15) is 0 Å². The monoisotopic (exact) mass is 252 g/mol. The zero-order chi connectivity index (χ0) is 12.3. The Morgan fingerprint density at radius 3 is 2.71 bits per heavy atom. The standard InChI is InChI=1S/C13H20N2OS/c1-17-13-4-2-3-12(11(13)9-14)15-7-5-10(16)6-8-15/h2-4,10,16H,5-9,14H2,1H3. The van der Waals surface area contributed by atoms with Crippen molar-refractivity contribution < 1.29 is 5.11 Å². The van der Waals surface area contributed by atoms with Gasteiger partial charge in [-0.3, -0.25) is 0 Å². The molecular formula is C13H20N2OS. The Bertz CT molecular complexity index is 376. The van der Waals surface area contributed by atoms with E-state index in [4.69, 9.17) is 5.73 Å². The van der Waals surface area contributed by atoms with Crippen LogP contribution in [0.5, 0.6) is 0 Å². The Labute approximate surface area is 107 Å². The number of hydrogen-bond acceptors (Lipinski definition) is 4. The second-order valence-corrected chi connectivity index (χ2v) is 5.23. The molecule has 0 bridgehead atoms. The number of thioether (sulfide) groups is 1. The maximum absolute atomic E-state index is 9.55. The van der Waals surface area contributed by atoms with E-state index < -0.39 is 0 Å². The smallest absolute Gasteiger partial charge is 0.0574 e. The van der Waals surface area contributed by atoms with E-state index in [1.165, 1.54) is 16.1 Å². The highest BCUT2D eigenvalue weighted by molar-refractivity contribution is 7.98. The summed E-state index contributed by atoms with van der Waals surface area (Å²) in [4.78, 5) is 3.60. The highest BCUT2D eigenvalue weighted by atomic mass is 32.2. The van der Waals surface area contributed by atoms with Gasteiger partial charge in [0.05, 0.1) is 6.10 Å². The van der Waals surface area contributed by atoms with Gasteiger partial charge in [-0.25, -0.2) is 0 Å². The zero-order valence-electron chi connectivity index (χ0n) is 10.2. The van der Waals surface area contributed by atoms with Crippen molar-refractivity contribution in [2.75, 3.05) is 24.2 Å². The van der Waals surface area contributed by atoms with Crippen LogP contribution in [0.15, 0.2) is 23.1 Å². The van der Waals surface area contributed by atoms with Crippen molar-refractivity contribution in [3.8, 4) is 0 Å². The molecule has 17 heavy (non-hydrogen) atoms. The van der Waals surface area contributed by atoms with Gasteiger partial charge >= 0.3 is 0 Å². The van der Waals surface area contributed by atoms with E-state index in [1.54, 1.807) is 11.8 Å². The van der Waals surface area contributed by atoms with Gasteiger partial charge in [-0.1, -0.05) is 6.07 Å². The fourth-order valence-corrected chi connectivity index (χ4v) is 3.00. The molecule has 1 fully saturated rings. The minimum absolute atomic E-state index is 0.128. The van der Waals surface area contributed by atoms with Crippen LogP contribution in [0.25, 0.3) is 0 Å². The molecule has 1 aliphatic heterocycles. The first-order valence-corrected chi connectivity index (χ1v) is 7.27. The molecular weight excluding hydrogens is 232 g/mol. The van der Waals surface area contributed by atoms with Crippen molar-refractivity contribution in [2.24, 2.45) is 5.73 Å². The van der Waals surface area contributed by atoms with E-state index in [1.807, 2.05) is 0 Å². The zero-order valence-corrected chi connectivity index (χ0v) is 11.0. The van der Waals surface area contributed by atoms with Gasteiger partial charge in [0.2, 0.25) is 0 Å². The third kappa shape index (κ3) is 2.76. The molecule has 0 amide bonds. The second-order valence-electron chi connectivity index (χ2n) is 4.38. The summed E-state index contributed by atoms with van der Waals surface area (Å²) in [5.41, 5.74) is 8.35. The van der Waals surface area contributed by atoms with Gasteiger partial charge in [0.25, 0.3) is 0 Å². The lowest BCUT2D eigenvalue weighted by Crippen LogP contribution is -2.36. The average Bonchev–Trinajstić information content (AvgIpc) is 2.38. The summed E-state index contributed by atoms with van der Waals surface area (Å²) in [6.45, 7) is 2.42. The van der Waals surface area contributed by atoms with Gasteiger partial charge in [-0.15, -0.1) is 11.8 Å². The molecule has 1 heterocycles. The van der Waals surface area contributed by atoms with Gasteiger partial charge in [-0.2, -0.15) is 0 Å². The van der Waals surface area contributed by atoms with Crippen LogP contribution in [0.3, 0.4) is 0 Å². The van der Waals surface area contributed by atoms with Crippen molar-refractivity contribution in [3.05, 3.63) is 23.8 Å². The molecule has 94 valence electrons. The first-order chi connectivity index (χ1) is 8.26. The largest absolute Gasteiger partial charge is 0.393 e. The Morgan fingerprint density at radius 2 is 2.12 bits per heavy atom. The van der Waals surface area contributed by atoms with E-state index in [0.717, 1.165) is 25.9 Å². The Balaban J connectivity index is 2.25. The van der Waals surface area contributed by atoms with Crippen LogP contribution in [0.1, 0.15) is 18.4 Å². The first kappa shape index (κ1) is 12.7. The number of aliphatic hydroxyl groups excluding tert-OH is 1. The van der Waals surface area contributed by atoms with Gasteiger partial charge in [0.15, 0.2) is 0 Å². The lowest BCUT2D eigenvalue weighted by molar-refractivity contribution is 0.145. The quantitative estimate of drug-likeness (QED) is 0.806. The number of nitrogens with zero attached hydrogens (tertiary/aromatic N) is 1. The van der Waals surface area contributed by atoms with Crippen molar-refractivity contribution in [2.45, 2.75) is 30.4 Å². The molecule has 1 aromatic rings. The molecule has 3 N–H and O–H groups in total. The molecule has 0 saturated carbocycles. The summed E-state index contributed by atoms with van der Waals surface area (Å²) in [6, 6.07) is 6.35. The molecule has 0 aromatic heterocycles. The third-order valence-corrected chi connectivity index (χ3v) is 4.16. The Morgan fingerprint density at radius 1 is 1.41 bits per heavy atom. The molecule has 0 aliphatic carbocycles. The number of piperidine rings is 1. The molecule has 4 heteroatoms. The number of rotatable bonds is 3. The molecule has 0 atom stereocenters. The van der Waals surface area contributed by atoms with Gasteiger partial charge in [0, 0.05) is 35.8 Å². The average molecular weight is 252 g/mol. The minimum atomic E-state index is -0.128. The van der Waals surface area contributed by atoms with Gasteiger partial charge in [-0.05, 0) is 31.2 Å². The van der Waals surface area contributed by atoms with Crippen molar-refractivity contribution in [1.29, 1.82) is 0 Å². The molecule has 1 aliphatic rings. The second kappa shape index (κ2) is 5.76. The van der Waals surface area contributed by atoms with Crippen LogP contribution in [-0.2, 0) is 6.54 Å². The third-order valence-electron chi connectivity index (χ3n) is 3.34. The van der Waals surface area contributed by atoms with Crippen LogP contribution >= 0.6 is 11.8 Å².